The van der Waals surface area contributed by atoms with Crippen LogP contribution in [0.4, 0.5) is 0 Å². The van der Waals surface area contributed by atoms with Gasteiger partial charge >= 0.3 is 0 Å². The van der Waals surface area contributed by atoms with Gasteiger partial charge in [-0.1, -0.05) is 146 Å². The molecule has 0 bridgehead atoms. The summed E-state index contributed by atoms with van der Waals surface area (Å²) >= 11 is 1.82. The van der Waals surface area contributed by atoms with Gasteiger partial charge in [-0.25, -0.2) is 9.97 Å². The van der Waals surface area contributed by atoms with Gasteiger partial charge in [0.2, 0.25) is 0 Å². The Bertz CT molecular complexity index is 2890. The maximum absolute atomic E-state index is 5.20. The average Bonchev–Trinajstić information content (AvgIpc) is 3.65. The first-order valence-corrected chi connectivity index (χ1v) is 18.0. The highest BCUT2D eigenvalue weighted by Gasteiger charge is 2.16. The van der Waals surface area contributed by atoms with E-state index >= 15 is 0 Å². The summed E-state index contributed by atoms with van der Waals surface area (Å²) < 4.78 is 1.29. The highest BCUT2D eigenvalue weighted by atomic mass is 32.1. The van der Waals surface area contributed by atoms with Gasteiger partial charge in [-0.15, -0.1) is 11.3 Å². The highest BCUT2D eigenvalue weighted by molar-refractivity contribution is 7.22. The van der Waals surface area contributed by atoms with Gasteiger partial charge in [0.1, 0.15) is 0 Å². The lowest BCUT2D eigenvalue weighted by Crippen LogP contribution is -1.96. The average molecular weight is 667 g/mol. The fraction of sp³-hybridized carbons (Fsp3) is 0. The van der Waals surface area contributed by atoms with Crippen LogP contribution in [0.25, 0.3) is 97.9 Å². The number of benzene rings is 8. The molecule has 0 aliphatic rings. The van der Waals surface area contributed by atoms with Gasteiger partial charge in [0.25, 0.3) is 0 Å². The fourth-order valence-corrected chi connectivity index (χ4v) is 8.44. The maximum atomic E-state index is 5.20. The Morgan fingerprint density at radius 1 is 0.333 bits per heavy atom. The number of fused-ring (bicyclic) bond motifs is 5. The maximum Gasteiger partial charge on any atom is 0.160 e. The third-order valence-corrected chi connectivity index (χ3v) is 11.0. The molecule has 10 rings (SSSR count). The van der Waals surface area contributed by atoms with E-state index in [-0.39, 0.29) is 0 Å². The molecule has 0 aliphatic carbocycles. The van der Waals surface area contributed by atoms with E-state index in [1.807, 2.05) is 29.5 Å². The van der Waals surface area contributed by atoms with Crippen LogP contribution in [0.3, 0.4) is 0 Å². The minimum absolute atomic E-state index is 0.711. The summed E-state index contributed by atoms with van der Waals surface area (Å²) in [7, 11) is 0. The Balaban J connectivity index is 1.15. The van der Waals surface area contributed by atoms with Crippen LogP contribution in [0.5, 0.6) is 0 Å². The van der Waals surface area contributed by atoms with Crippen molar-refractivity contribution in [2.45, 2.75) is 0 Å². The van der Waals surface area contributed by atoms with Gasteiger partial charge in [0.05, 0.1) is 11.4 Å². The van der Waals surface area contributed by atoms with Crippen molar-refractivity contribution >= 4 is 53.7 Å². The van der Waals surface area contributed by atoms with Crippen LogP contribution in [0.1, 0.15) is 0 Å². The van der Waals surface area contributed by atoms with Gasteiger partial charge in [-0.2, -0.15) is 0 Å². The molecule has 0 amide bonds. The third-order valence-electron chi connectivity index (χ3n) is 9.84. The van der Waals surface area contributed by atoms with E-state index in [1.54, 1.807) is 0 Å². The molecule has 0 saturated heterocycles. The molecule has 0 N–H and O–H groups in total. The molecular formula is C48H30N2S. The monoisotopic (exact) mass is 666 g/mol. The van der Waals surface area contributed by atoms with Crippen molar-refractivity contribution in [2.75, 3.05) is 0 Å². The van der Waals surface area contributed by atoms with E-state index in [4.69, 9.17) is 9.97 Å². The van der Waals surface area contributed by atoms with Crippen LogP contribution >= 0.6 is 11.3 Å². The molecule has 0 spiro atoms. The van der Waals surface area contributed by atoms with Gasteiger partial charge in [0, 0.05) is 26.3 Å². The van der Waals surface area contributed by atoms with Crippen LogP contribution in [0.2, 0.25) is 0 Å². The SMILES string of the molecule is c1ccc(-c2nc(-c3cccc(-c4cc5ccccc5s4)c3)cc(-c3cccc(-c4c5ccccc5cc5c4ccc4ccccc45)c3)n2)cc1. The first-order chi connectivity index (χ1) is 25.2. The Morgan fingerprint density at radius 3 is 1.73 bits per heavy atom. The molecule has 2 heterocycles. The largest absolute Gasteiger partial charge is 0.228 e. The molecule has 2 aromatic heterocycles. The molecule has 0 fully saturated rings. The minimum atomic E-state index is 0.711. The smallest absolute Gasteiger partial charge is 0.160 e. The van der Waals surface area contributed by atoms with E-state index in [2.05, 4.69) is 164 Å². The summed E-state index contributed by atoms with van der Waals surface area (Å²) in [6.07, 6.45) is 0. The zero-order valence-corrected chi connectivity index (χ0v) is 28.4. The highest BCUT2D eigenvalue weighted by Crippen LogP contribution is 2.41. The van der Waals surface area contributed by atoms with Crippen molar-refractivity contribution in [1.29, 1.82) is 0 Å². The van der Waals surface area contributed by atoms with E-state index in [9.17, 15) is 0 Å². The van der Waals surface area contributed by atoms with Crippen molar-refractivity contribution in [3.8, 4) is 55.5 Å². The summed E-state index contributed by atoms with van der Waals surface area (Å²) in [4.78, 5) is 11.6. The molecule has 0 atom stereocenters. The van der Waals surface area contributed by atoms with Crippen LogP contribution in [0.15, 0.2) is 182 Å². The first-order valence-electron chi connectivity index (χ1n) is 17.2. The van der Waals surface area contributed by atoms with Crippen LogP contribution in [-0.2, 0) is 0 Å². The second-order valence-corrected chi connectivity index (χ2v) is 14.1. The molecular weight excluding hydrogens is 637 g/mol. The van der Waals surface area contributed by atoms with E-state index in [0.29, 0.717) is 5.82 Å². The Morgan fingerprint density at radius 2 is 0.941 bits per heavy atom. The summed E-state index contributed by atoms with van der Waals surface area (Å²) in [5.74, 6) is 0.711. The first kappa shape index (κ1) is 29.5. The minimum Gasteiger partial charge on any atom is -0.228 e. The van der Waals surface area contributed by atoms with E-state index < -0.39 is 0 Å². The number of hydrogen-bond donors (Lipinski definition) is 0. The lowest BCUT2D eigenvalue weighted by atomic mass is 9.89. The predicted molar refractivity (Wildman–Crippen MR) is 217 cm³/mol. The standard InChI is InChI=1S/C48H30N2S/c1-2-13-32(14-3-1)48-49-43(34-17-10-19-36(26-34)46-29-37-16-6-9-23-45(37)51-46)30-44(50-48)35-18-11-20-38(27-35)47-40-22-8-5-15-33(40)28-42-39-21-7-4-12-31(39)24-25-41(42)47/h1-30H. The van der Waals surface area contributed by atoms with Crippen molar-refractivity contribution in [2.24, 2.45) is 0 Å². The molecule has 3 heteroatoms. The number of nitrogens with zero attached hydrogens (tertiary/aromatic N) is 2. The topological polar surface area (TPSA) is 25.8 Å². The van der Waals surface area contributed by atoms with E-state index in [1.165, 1.54) is 58.4 Å². The second-order valence-electron chi connectivity index (χ2n) is 13.0. The summed E-state index contributed by atoms with van der Waals surface area (Å²) in [6, 6.07) is 65.1. The Labute approximate surface area is 300 Å². The zero-order valence-electron chi connectivity index (χ0n) is 27.6. The molecule has 8 aromatic carbocycles. The molecule has 10 aromatic rings. The Kier molecular flexibility index (Phi) is 7.04. The molecule has 51 heavy (non-hydrogen) atoms. The predicted octanol–water partition coefficient (Wildman–Crippen LogP) is 13.5. The lowest BCUT2D eigenvalue weighted by Gasteiger charge is -2.15. The van der Waals surface area contributed by atoms with Crippen molar-refractivity contribution in [3.05, 3.63) is 182 Å². The van der Waals surface area contributed by atoms with Crippen LogP contribution in [0, 0.1) is 0 Å². The molecule has 0 unspecified atom stereocenters. The molecule has 238 valence electrons. The number of thiophene rings is 1. The number of rotatable bonds is 5. The number of aromatic nitrogens is 2. The summed E-state index contributed by atoms with van der Waals surface area (Å²) in [6.45, 7) is 0. The van der Waals surface area contributed by atoms with Gasteiger partial charge in [-0.05, 0) is 90.8 Å². The number of hydrogen-bond acceptors (Lipinski definition) is 3. The zero-order chi connectivity index (χ0) is 33.7. The molecule has 0 aliphatic heterocycles. The quantitative estimate of drug-likeness (QED) is 0.135. The van der Waals surface area contributed by atoms with Crippen molar-refractivity contribution < 1.29 is 0 Å². The fourth-order valence-electron chi connectivity index (χ4n) is 7.38. The van der Waals surface area contributed by atoms with Gasteiger partial charge < -0.3 is 0 Å². The molecule has 0 saturated carbocycles. The van der Waals surface area contributed by atoms with Gasteiger partial charge in [0.15, 0.2) is 5.82 Å². The van der Waals surface area contributed by atoms with Crippen LogP contribution in [-0.4, -0.2) is 9.97 Å². The lowest BCUT2D eigenvalue weighted by molar-refractivity contribution is 1.18. The summed E-state index contributed by atoms with van der Waals surface area (Å²) in [5, 5.41) is 8.77. The summed E-state index contributed by atoms with van der Waals surface area (Å²) in [5.41, 5.74) is 8.49. The van der Waals surface area contributed by atoms with Gasteiger partial charge in [-0.3, -0.25) is 0 Å². The van der Waals surface area contributed by atoms with Crippen molar-refractivity contribution in [3.63, 3.8) is 0 Å². The van der Waals surface area contributed by atoms with Crippen LogP contribution < -0.4 is 0 Å². The molecule has 2 nitrogen and oxygen atoms in total. The third kappa shape index (κ3) is 5.27. The molecule has 0 radical (unpaired) electrons. The Hall–Kier alpha value is -6.42. The van der Waals surface area contributed by atoms with E-state index in [0.717, 1.165) is 33.6 Å². The van der Waals surface area contributed by atoms with Crippen molar-refractivity contribution in [1.82, 2.24) is 9.97 Å². The normalized spacial score (nSPS) is 11.5. The second kappa shape index (κ2) is 12.2.